The fourth-order valence-electron chi connectivity index (χ4n) is 2.37. The number of hydrazine groups is 1. The molecule has 130 valence electrons. The van der Waals surface area contributed by atoms with E-state index in [4.69, 9.17) is 10.5 Å². The SMILES string of the molecule is NC(=O)N1CCC[C@@H](C(=O)NNC(=O)COc2ccccc2F)C1. The number of likely N-dealkylation sites (tertiary alicyclic amines) is 1. The number of nitrogens with two attached hydrogens (primary N) is 1. The van der Waals surface area contributed by atoms with Crippen LogP contribution >= 0.6 is 0 Å². The number of hydrogen-bond acceptors (Lipinski definition) is 4. The molecular formula is C15H19FN4O4. The van der Waals surface area contributed by atoms with Crippen LogP contribution < -0.4 is 21.3 Å². The van der Waals surface area contributed by atoms with Gasteiger partial charge in [-0.1, -0.05) is 12.1 Å². The van der Waals surface area contributed by atoms with Gasteiger partial charge >= 0.3 is 6.03 Å². The van der Waals surface area contributed by atoms with Crippen molar-refractivity contribution in [2.24, 2.45) is 11.7 Å². The van der Waals surface area contributed by atoms with E-state index in [1.807, 2.05) is 0 Å². The molecule has 0 aromatic heterocycles. The summed E-state index contributed by atoms with van der Waals surface area (Å²) in [6, 6.07) is 5.10. The fourth-order valence-corrected chi connectivity index (χ4v) is 2.37. The van der Waals surface area contributed by atoms with E-state index in [0.717, 1.165) is 0 Å². The van der Waals surface area contributed by atoms with Gasteiger partial charge < -0.3 is 15.4 Å². The minimum Gasteiger partial charge on any atom is -0.481 e. The molecule has 9 heteroatoms. The number of nitrogens with one attached hydrogen (secondary N) is 2. The number of primary amides is 1. The van der Waals surface area contributed by atoms with Crippen LogP contribution in [0.25, 0.3) is 0 Å². The number of urea groups is 1. The third-order valence-electron chi connectivity index (χ3n) is 3.62. The quantitative estimate of drug-likeness (QED) is 0.678. The number of halogens is 1. The maximum atomic E-state index is 13.3. The van der Waals surface area contributed by atoms with Gasteiger partial charge in [0.05, 0.1) is 5.92 Å². The van der Waals surface area contributed by atoms with Gasteiger partial charge in [0.25, 0.3) is 5.91 Å². The second-order valence-electron chi connectivity index (χ2n) is 5.38. The first-order valence-corrected chi connectivity index (χ1v) is 7.47. The van der Waals surface area contributed by atoms with E-state index in [2.05, 4.69) is 10.9 Å². The van der Waals surface area contributed by atoms with E-state index in [0.29, 0.717) is 19.4 Å². The van der Waals surface area contributed by atoms with Gasteiger partial charge in [-0.2, -0.15) is 0 Å². The van der Waals surface area contributed by atoms with Crippen LogP contribution in [0.1, 0.15) is 12.8 Å². The molecule has 1 aromatic carbocycles. The Morgan fingerprint density at radius 1 is 1.29 bits per heavy atom. The normalized spacial score (nSPS) is 17.0. The molecule has 0 spiro atoms. The molecule has 0 saturated carbocycles. The number of piperidine rings is 1. The number of rotatable bonds is 4. The van der Waals surface area contributed by atoms with Gasteiger partial charge in [-0.15, -0.1) is 0 Å². The average molecular weight is 338 g/mol. The van der Waals surface area contributed by atoms with E-state index in [1.54, 1.807) is 6.07 Å². The van der Waals surface area contributed by atoms with Crippen LogP contribution in [0.15, 0.2) is 24.3 Å². The van der Waals surface area contributed by atoms with E-state index >= 15 is 0 Å². The molecule has 1 fully saturated rings. The Bertz CT molecular complexity index is 625. The minimum atomic E-state index is -0.630. The minimum absolute atomic E-state index is 0.0524. The summed E-state index contributed by atoms with van der Waals surface area (Å²) < 4.78 is 18.3. The molecule has 8 nitrogen and oxygen atoms in total. The Morgan fingerprint density at radius 3 is 2.75 bits per heavy atom. The highest BCUT2D eigenvalue weighted by Crippen LogP contribution is 2.16. The van der Waals surface area contributed by atoms with Crippen LogP contribution in [0.3, 0.4) is 0 Å². The summed E-state index contributed by atoms with van der Waals surface area (Å²) in [4.78, 5) is 36.1. The van der Waals surface area contributed by atoms with Gasteiger partial charge in [0.15, 0.2) is 18.2 Å². The van der Waals surface area contributed by atoms with Crippen molar-refractivity contribution in [1.29, 1.82) is 0 Å². The average Bonchev–Trinajstić information content (AvgIpc) is 2.59. The molecule has 4 N–H and O–H groups in total. The lowest BCUT2D eigenvalue weighted by Crippen LogP contribution is -2.51. The Hall–Kier alpha value is -2.84. The van der Waals surface area contributed by atoms with Gasteiger partial charge in [-0.05, 0) is 25.0 Å². The van der Waals surface area contributed by atoms with Gasteiger partial charge in [0.1, 0.15) is 0 Å². The van der Waals surface area contributed by atoms with Crippen LogP contribution in [0, 0.1) is 11.7 Å². The maximum Gasteiger partial charge on any atom is 0.314 e. The highest BCUT2D eigenvalue weighted by molar-refractivity contribution is 5.84. The monoisotopic (exact) mass is 338 g/mol. The molecule has 1 aliphatic heterocycles. The summed E-state index contributed by atoms with van der Waals surface area (Å²) in [6.45, 7) is 0.282. The van der Waals surface area contributed by atoms with E-state index in [-0.39, 0.29) is 12.3 Å². The highest BCUT2D eigenvalue weighted by atomic mass is 19.1. The van der Waals surface area contributed by atoms with Crippen LogP contribution in [-0.4, -0.2) is 42.4 Å². The summed E-state index contributed by atoms with van der Waals surface area (Å²) in [7, 11) is 0. The number of amides is 4. The van der Waals surface area contributed by atoms with Crippen molar-refractivity contribution in [3.8, 4) is 5.75 Å². The summed E-state index contributed by atoms with van der Waals surface area (Å²) >= 11 is 0. The zero-order chi connectivity index (χ0) is 17.5. The first kappa shape index (κ1) is 17.5. The predicted molar refractivity (Wildman–Crippen MR) is 82.1 cm³/mol. The van der Waals surface area contributed by atoms with Gasteiger partial charge in [0.2, 0.25) is 5.91 Å². The zero-order valence-electron chi connectivity index (χ0n) is 13.0. The number of ether oxygens (including phenoxy) is 1. The predicted octanol–water partition coefficient (Wildman–Crippen LogP) is 0.143. The summed E-state index contributed by atoms with van der Waals surface area (Å²) in [5, 5.41) is 0. The van der Waals surface area contributed by atoms with Crippen LogP contribution in [0.5, 0.6) is 5.75 Å². The molecule has 1 saturated heterocycles. The molecule has 0 radical (unpaired) electrons. The fraction of sp³-hybridized carbons (Fsp3) is 0.400. The molecule has 2 rings (SSSR count). The van der Waals surface area contributed by atoms with Crippen molar-refractivity contribution < 1.29 is 23.5 Å². The first-order chi connectivity index (χ1) is 11.5. The van der Waals surface area contributed by atoms with Gasteiger partial charge in [-0.25, -0.2) is 9.18 Å². The second kappa shape index (κ2) is 8.14. The summed E-state index contributed by atoms with van der Waals surface area (Å²) in [5.74, 6) is -2.13. The maximum absolute atomic E-state index is 13.3. The Morgan fingerprint density at radius 2 is 2.04 bits per heavy atom. The lowest BCUT2D eigenvalue weighted by atomic mass is 9.98. The van der Waals surface area contributed by atoms with E-state index in [9.17, 15) is 18.8 Å². The molecule has 1 aliphatic rings. The van der Waals surface area contributed by atoms with Crippen molar-refractivity contribution in [1.82, 2.24) is 15.8 Å². The molecule has 0 bridgehead atoms. The lowest BCUT2D eigenvalue weighted by molar-refractivity contribution is -0.132. The molecule has 1 aromatic rings. The highest BCUT2D eigenvalue weighted by Gasteiger charge is 2.27. The van der Waals surface area contributed by atoms with E-state index < -0.39 is 36.2 Å². The Labute approximate surface area is 138 Å². The number of para-hydroxylation sites is 1. The van der Waals surface area contributed by atoms with Crippen molar-refractivity contribution in [3.63, 3.8) is 0 Å². The van der Waals surface area contributed by atoms with Crippen LogP contribution in [-0.2, 0) is 9.59 Å². The van der Waals surface area contributed by atoms with Gasteiger partial charge in [-0.3, -0.25) is 20.4 Å². The van der Waals surface area contributed by atoms with Crippen molar-refractivity contribution in [3.05, 3.63) is 30.1 Å². The van der Waals surface area contributed by atoms with Crippen LogP contribution in [0.2, 0.25) is 0 Å². The lowest BCUT2D eigenvalue weighted by Gasteiger charge is -2.30. The standard InChI is InChI=1S/C15H19FN4O4/c16-11-5-1-2-6-12(11)24-9-13(21)18-19-14(22)10-4-3-7-20(8-10)15(17)23/h1-2,5-6,10H,3-4,7-9H2,(H2,17,23)(H,18,21)(H,19,22)/t10-/m1/s1. The Kier molecular flexibility index (Phi) is 5.94. The smallest absolute Gasteiger partial charge is 0.314 e. The number of carbonyl (C=O) groups is 3. The summed E-state index contributed by atoms with van der Waals surface area (Å²) in [6.07, 6.45) is 1.25. The zero-order valence-corrected chi connectivity index (χ0v) is 13.0. The number of nitrogens with zero attached hydrogens (tertiary/aromatic N) is 1. The summed E-state index contributed by atoms with van der Waals surface area (Å²) in [5.41, 5.74) is 9.66. The van der Waals surface area contributed by atoms with Crippen LogP contribution in [0.4, 0.5) is 9.18 Å². The first-order valence-electron chi connectivity index (χ1n) is 7.47. The molecule has 1 atom stereocenters. The van der Waals surface area contributed by atoms with Crippen molar-refractivity contribution in [2.75, 3.05) is 19.7 Å². The Balaban J connectivity index is 1.74. The second-order valence-corrected chi connectivity index (χ2v) is 5.38. The topological polar surface area (TPSA) is 114 Å². The van der Waals surface area contributed by atoms with Crippen molar-refractivity contribution >= 4 is 17.8 Å². The third-order valence-corrected chi connectivity index (χ3v) is 3.62. The third kappa shape index (κ3) is 4.83. The number of hydrogen-bond donors (Lipinski definition) is 3. The van der Waals surface area contributed by atoms with Gasteiger partial charge in [0, 0.05) is 13.1 Å². The number of benzene rings is 1. The van der Waals surface area contributed by atoms with Crippen molar-refractivity contribution in [2.45, 2.75) is 12.8 Å². The van der Waals surface area contributed by atoms with E-state index in [1.165, 1.54) is 23.1 Å². The molecule has 1 heterocycles. The molecule has 24 heavy (non-hydrogen) atoms. The molecule has 0 aliphatic carbocycles. The number of carbonyl (C=O) groups excluding carboxylic acids is 3. The largest absolute Gasteiger partial charge is 0.481 e. The molecule has 0 unspecified atom stereocenters. The molecular weight excluding hydrogens is 319 g/mol. The molecule has 4 amide bonds.